The van der Waals surface area contributed by atoms with Crippen molar-refractivity contribution in [3.63, 3.8) is 0 Å². The molecule has 0 bridgehead atoms. The normalized spacial score (nSPS) is 19.1. The number of rotatable bonds is 9. The van der Waals surface area contributed by atoms with Crippen molar-refractivity contribution in [1.29, 1.82) is 0 Å². The molecule has 0 aromatic heterocycles. The monoisotopic (exact) mass is 524 g/mol. The molecule has 1 saturated heterocycles. The Kier molecular flexibility index (Phi) is 10.5. The smallest absolute Gasteiger partial charge is 0.251 e. The number of amides is 3. The van der Waals surface area contributed by atoms with Crippen molar-refractivity contribution in [2.75, 3.05) is 40.3 Å². The second kappa shape index (κ2) is 13.4. The lowest BCUT2D eigenvalue weighted by atomic mass is 9.86. The van der Waals surface area contributed by atoms with Crippen molar-refractivity contribution in [2.24, 2.45) is 5.92 Å². The molecule has 2 aliphatic rings. The molecule has 3 amide bonds. The standard InChI is InChI=1S/C31H48N4O3/c1-23-27(30(38)34-18-9-7-8-10-19-34)20-25(21-28(36)32-16-11-17-33(5)6)29(37)35(23)22-24-12-14-26(15-13-24)31(2,3)4/h12-15,25H,7-11,16-22H2,1-6H3,(H,32,36). The SMILES string of the molecule is CC1=C(C(=O)N2CCCCCC2)CC(CC(=O)NCCCN(C)C)C(=O)N1Cc1ccc(C(C)(C)C)cc1. The van der Waals surface area contributed by atoms with Crippen LogP contribution in [0.4, 0.5) is 0 Å². The number of benzene rings is 1. The molecule has 2 aliphatic heterocycles. The predicted molar refractivity (Wildman–Crippen MR) is 152 cm³/mol. The molecule has 1 aromatic carbocycles. The number of nitrogens with one attached hydrogen (secondary N) is 1. The fourth-order valence-corrected chi connectivity index (χ4v) is 5.30. The van der Waals surface area contributed by atoms with E-state index in [0.717, 1.165) is 63.0 Å². The van der Waals surface area contributed by atoms with Gasteiger partial charge < -0.3 is 20.0 Å². The summed E-state index contributed by atoms with van der Waals surface area (Å²) >= 11 is 0. The molecule has 1 aromatic rings. The first-order valence-corrected chi connectivity index (χ1v) is 14.3. The average Bonchev–Trinajstić information content (AvgIpc) is 3.15. The van der Waals surface area contributed by atoms with E-state index in [1.807, 2.05) is 25.9 Å². The van der Waals surface area contributed by atoms with E-state index in [-0.39, 0.29) is 29.6 Å². The van der Waals surface area contributed by atoms with Gasteiger partial charge in [0.15, 0.2) is 0 Å². The Morgan fingerprint density at radius 2 is 1.66 bits per heavy atom. The van der Waals surface area contributed by atoms with Gasteiger partial charge in [0, 0.05) is 37.3 Å². The summed E-state index contributed by atoms with van der Waals surface area (Å²) in [5.41, 5.74) is 3.71. The van der Waals surface area contributed by atoms with Gasteiger partial charge in [0.05, 0.1) is 12.5 Å². The lowest BCUT2D eigenvalue weighted by molar-refractivity contribution is -0.139. The molecule has 1 unspecified atom stereocenters. The van der Waals surface area contributed by atoms with Gasteiger partial charge in [0.1, 0.15) is 0 Å². The molecule has 2 heterocycles. The maximum absolute atomic E-state index is 13.7. The molecule has 210 valence electrons. The van der Waals surface area contributed by atoms with Crippen LogP contribution in [-0.4, -0.2) is 72.7 Å². The van der Waals surface area contributed by atoms with Gasteiger partial charge in [-0.15, -0.1) is 0 Å². The topological polar surface area (TPSA) is 73.0 Å². The summed E-state index contributed by atoms with van der Waals surface area (Å²) in [6.45, 7) is 11.8. The van der Waals surface area contributed by atoms with E-state index in [1.54, 1.807) is 4.90 Å². The Hall–Kier alpha value is -2.67. The fourth-order valence-electron chi connectivity index (χ4n) is 5.30. The van der Waals surface area contributed by atoms with E-state index < -0.39 is 5.92 Å². The molecular formula is C31H48N4O3. The first-order valence-electron chi connectivity index (χ1n) is 14.3. The van der Waals surface area contributed by atoms with Crippen molar-refractivity contribution < 1.29 is 14.4 Å². The van der Waals surface area contributed by atoms with Crippen LogP contribution in [0.2, 0.25) is 0 Å². The Labute approximate surface area is 229 Å². The van der Waals surface area contributed by atoms with E-state index in [1.165, 1.54) is 5.56 Å². The van der Waals surface area contributed by atoms with Crippen LogP contribution in [-0.2, 0) is 26.3 Å². The Morgan fingerprint density at radius 1 is 1.03 bits per heavy atom. The lowest BCUT2D eigenvalue weighted by Gasteiger charge is -2.36. The highest BCUT2D eigenvalue weighted by molar-refractivity contribution is 5.98. The summed E-state index contributed by atoms with van der Waals surface area (Å²) in [5.74, 6) is -0.704. The summed E-state index contributed by atoms with van der Waals surface area (Å²) in [6.07, 6.45) is 5.60. The van der Waals surface area contributed by atoms with E-state index in [4.69, 9.17) is 0 Å². The molecule has 0 radical (unpaired) electrons. The minimum Gasteiger partial charge on any atom is -0.356 e. The quantitative estimate of drug-likeness (QED) is 0.484. The first kappa shape index (κ1) is 29.9. The van der Waals surface area contributed by atoms with Gasteiger partial charge in [-0.25, -0.2) is 0 Å². The molecule has 0 aliphatic carbocycles. The molecule has 1 atom stereocenters. The van der Waals surface area contributed by atoms with Crippen molar-refractivity contribution in [3.8, 4) is 0 Å². The molecule has 0 saturated carbocycles. The molecule has 3 rings (SSSR count). The maximum Gasteiger partial charge on any atom is 0.251 e. The highest BCUT2D eigenvalue weighted by Gasteiger charge is 2.37. The Balaban J connectivity index is 1.81. The second-order valence-corrected chi connectivity index (χ2v) is 12.3. The molecular weight excluding hydrogens is 476 g/mol. The largest absolute Gasteiger partial charge is 0.356 e. The van der Waals surface area contributed by atoms with E-state index >= 15 is 0 Å². The molecule has 7 heteroatoms. The van der Waals surface area contributed by atoms with Crippen LogP contribution < -0.4 is 5.32 Å². The summed E-state index contributed by atoms with van der Waals surface area (Å²) in [7, 11) is 4.01. The van der Waals surface area contributed by atoms with E-state index in [0.29, 0.717) is 25.1 Å². The lowest BCUT2D eigenvalue weighted by Crippen LogP contribution is -2.44. The third-order valence-electron chi connectivity index (χ3n) is 7.76. The number of carbonyl (C=O) groups excluding carboxylic acids is 3. The fraction of sp³-hybridized carbons (Fsp3) is 0.645. The van der Waals surface area contributed by atoms with E-state index in [9.17, 15) is 14.4 Å². The van der Waals surface area contributed by atoms with Gasteiger partial charge in [0.2, 0.25) is 11.8 Å². The van der Waals surface area contributed by atoms with Crippen LogP contribution in [0.25, 0.3) is 0 Å². The van der Waals surface area contributed by atoms with E-state index in [2.05, 4.69) is 55.3 Å². The number of likely N-dealkylation sites (tertiary alicyclic amines) is 1. The zero-order valence-electron chi connectivity index (χ0n) is 24.4. The number of hydrogen-bond acceptors (Lipinski definition) is 4. The second-order valence-electron chi connectivity index (χ2n) is 12.3. The van der Waals surface area contributed by atoms with Crippen LogP contribution in [0.3, 0.4) is 0 Å². The third kappa shape index (κ3) is 8.16. The molecule has 0 spiro atoms. The highest BCUT2D eigenvalue weighted by Crippen LogP contribution is 2.33. The highest BCUT2D eigenvalue weighted by atomic mass is 16.2. The summed E-state index contributed by atoms with van der Waals surface area (Å²) in [4.78, 5) is 46.0. The van der Waals surface area contributed by atoms with Gasteiger partial charge in [-0.05, 0) is 69.8 Å². The first-order chi connectivity index (χ1) is 18.0. The van der Waals surface area contributed by atoms with Crippen molar-refractivity contribution >= 4 is 17.7 Å². The Bertz CT molecular complexity index is 999. The molecule has 38 heavy (non-hydrogen) atoms. The van der Waals surface area contributed by atoms with Gasteiger partial charge in [-0.3, -0.25) is 14.4 Å². The van der Waals surface area contributed by atoms with Crippen molar-refractivity contribution in [3.05, 3.63) is 46.7 Å². The Morgan fingerprint density at radius 3 is 2.24 bits per heavy atom. The van der Waals surface area contributed by atoms with Crippen LogP contribution in [0.5, 0.6) is 0 Å². The molecule has 1 N–H and O–H groups in total. The number of hydrogen-bond donors (Lipinski definition) is 1. The third-order valence-corrected chi connectivity index (χ3v) is 7.76. The number of allylic oxidation sites excluding steroid dienone is 1. The van der Waals surface area contributed by atoms with Gasteiger partial charge in [-0.1, -0.05) is 57.9 Å². The van der Waals surface area contributed by atoms with Crippen molar-refractivity contribution in [1.82, 2.24) is 20.0 Å². The zero-order chi connectivity index (χ0) is 27.9. The van der Waals surface area contributed by atoms with Gasteiger partial charge >= 0.3 is 0 Å². The van der Waals surface area contributed by atoms with Gasteiger partial charge in [0.25, 0.3) is 5.91 Å². The average molecular weight is 525 g/mol. The summed E-state index contributed by atoms with van der Waals surface area (Å²) in [5, 5.41) is 2.97. The van der Waals surface area contributed by atoms with Crippen LogP contribution >= 0.6 is 0 Å². The van der Waals surface area contributed by atoms with Crippen molar-refractivity contribution in [2.45, 2.75) is 84.6 Å². The van der Waals surface area contributed by atoms with Crippen LogP contribution in [0.1, 0.15) is 83.8 Å². The minimum atomic E-state index is -0.535. The van der Waals surface area contributed by atoms with Crippen LogP contribution in [0, 0.1) is 5.92 Å². The summed E-state index contributed by atoms with van der Waals surface area (Å²) < 4.78 is 0. The van der Waals surface area contributed by atoms with Crippen LogP contribution in [0.15, 0.2) is 35.5 Å². The summed E-state index contributed by atoms with van der Waals surface area (Å²) in [6, 6.07) is 8.37. The molecule has 7 nitrogen and oxygen atoms in total. The van der Waals surface area contributed by atoms with Gasteiger partial charge in [-0.2, -0.15) is 0 Å². The maximum atomic E-state index is 13.7. The number of carbonyl (C=O) groups is 3. The predicted octanol–water partition coefficient (Wildman–Crippen LogP) is 4.47. The number of nitrogens with zero attached hydrogens (tertiary/aromatic N) is 3. The molecule has 1 fully saturated rings. The minimum absolute atomic E-state index is 0.0290. The zero-order valence-corrected chi connectivity index (χ0v) is 24.4.